The van der Waals surface area contributed by atoms with Crippen molar-refractivity contribution in [3.63, 3.8) is 0 Å². The number of Topliss-reactive ketones (excluding diaryl/α,β-unsaturated/α-hetero) is 1. The molecule has 1 fully saturated rings. The van der Waals surface area contributed by atoms with Crippen molar-refractivity contribution in [2.24, 2.45) is 5.92 Å². The minimum atomic E-state index is 0.152. The SMILES string of the molecule is C=C(C)CCC(=O)C1CCOC1CC. The van der Waals surface area contributed by atoms with Crippen LogP contribution in [0.5, 0.6) is 0 Å². The Morgan fingerprint density at radius 2 is 2.21 bits per heavy atom. The fraction of sp³-hybridized carbons (Fsp3) is 0.750. The van der Waals surface area contributed by atoms with Crippen LogP contribution in [0.2, 0.25) is 0 Å². The van der Waals surface area contributed by atoms with E-state index in [1.807, 2.05) is 6.92 Å². The zero-order chi connectivity index (χ0) is 10.6. The van der Waals surface area contributed by atoms with Gasteiger partial charge in [0, 0.05) is 18.9 Å². The molecule has 1 aliphatic heterocycles. The van der Waals surface area contributed by atoms with Gasteiger partial charge >= 0.3 is 0 Å². The molecule has 2 nitrogen and oxygen atoms in total. The first-order chi connectivity index (χ1) is 6.65. The Balaban J connectivity index is 2.39. The van der Waals surface area contributed by atoms with Crippen LogP contribution in [0.3, 0.4) is 0 Å². The van der Waals surface area contributed by atoms with Crippen LogP contribution in [-0.2, 0) is 9.53 Å². The first-order valence-electron chi connectivity index (χ1n) is 5.43. The summed E-state index contributed by atoms with van der Waals surface area (Å²) in [6.07, 6.45) is 3.50. The van der Waals surface area contributed by atoms with Gasteiger partial charge in [-0.05, 0) is 26.2 Å². The Kier molecular flexibility index (Phi) is 4.33. The highest BCUT2D eigenvalue weighted by atomic mass is 16.5. The van der Waals surface area contributed by atoms with Crippen molar-refractivity contribution in [1.29, 1.82) is 0 Å². The Bertz CT molecular complexity index is 220. The van der Waals surface area contributed by atoms with Crippen molar-refractivity contribution in [2.75, 3.05) is 6.61 Å². The van der Waals surface area contributed by atoms with Gasteiger partial charge in [0.25, 0.3) is 0 Å². The first kappa shape index (κ1) is 11.4. The summed E-state index contributed by atoms with van der Waals surface area (Å²) >= 11 is 0. The predicted molar refractivity (Wildman–Crippen MR) is 57.2 cm³/mol. The number of hydrogen-bond donors (Lipinski definition) is 0. The first-order valence-corrected chi connectivity index (χ1v) is 5.43. The largest absolute Gasteiger partial charge is 0.377 e. The Hall–Kier alpha value is -0.630. The summed E-state index contributed by atoms with van der Waals surface area (Å²) in [6, 6.07) is 0. The molecule has 1 aliphatic rings. The summed E-state index contributed by atoms with van der Waals surface area (Å²) in [5.74, 6) is 0.511. The third-order valence-electron chi connectivity index (χ3n) is 2.82. The molecule has 14 heavy (non-hydrogen) atoms. The Morgan fingerprint density at radius 1 is 1.50 bits per heavy atom. The minimum Gasteiger partial charge on any atom is -0.377 e. The molecule has 0 aromatic rings. The smallest absolute Gasteiger partial charge is 0.138 e. The molecule has 0 radical (unpaired) electrons. The second-order valence-electron chi connectivity index (χ2n) is 4.14. The van der Waals surface area contributed by atoms with Crippen LogP contribution in [0, 0.1) is 5.92 Å². The maximum absolute atomic E-state index is 11.8. The molecule has 80 valence electrons. The highest BCUT2D eigenvalue weighted by Gasteiger charge is 2.31. The summed E-state index contributed by atoms with van der Waals surface area (Å²) in [6.45, 7) is 8.61. The van der Waals surface area contributed by atoms with Crippen LogP contribution in [0.1, 0.15) is 39.5 Å². The highest BCUT2D eigenvalue weighted by Crippen LogP contribution is 2.25. The molecule has 0 saturated carbocycles. The van der Waals surface area contributed by atoms with Gasteiger partial charge in [-0.1, -0.05) is 12.5 Å². The van der Waals surface area contributed by atoms with E-state index in [9.17, 15) is 4.79 Å². The van der Waals surface area contributed by atoms with Crippen LogP contribution in [0.25, 0.3) is 0 Å². The zero-order valence-corrected chi connectivity index (χ0v) is 9.21. The van der Waals surface area contributed by atoms with E-state index in [4.69, 9.17) is 4.74 Å². The lowest BCUT2D eigenvalue weighted by Crippen LogP contribution is -2.23. The molecule has 0 spiro atoms. The zero-order valence-electron chi connectivity index (χ0n) is 9.21. The molecule has 2 heteroatoms. The predicted octanol–water partition coefficient (Wildman–Crippen LogP) is 2.73. The van der Waals surface area contributed by atoms with Crippen molar-refractivity contribution in [3.8, 4) is 0 Å². The van der Waals surface area contributed by atoms with Gasteiger partial charge in [0.2, 0.25) is 0 Å². The number of rotatable bonds is 5. The van der Waals surface area contributed by atoms with E-state index >= 15 is 0 Å². The Morgan fingerprint density at radius 3 is 2.79 bits per heavy atom. The number of ether oxygens (including phenoxy) is 1. The quantitative estimate of drug-likeness (QED) is 0.632. The molecule has 1 heterocycles. The molecular formula is C12H20O2. The fourth-order valence-corrected chi connectivity index (χ4v) is 1.94. The summed E-state index contributed by atoms with van der Waals surface area (Å²) in [5, 5.41) is 0. The van der Waals surface area contributed by atoms with Crippen LogP contribution < -0.4 is 0 Å². The van der Waals surface area contributed by atoms with Gasteiger partial charge in [0.15, 0.2) is 0 Å². The van der Waals surface area contributed by atoms with Crippen LogP contribution >= 0.6 is 0 Å². The number of carbonyl (C=O) groups is 1. The lowest BCUT2D eigenvalue weighted by atomic mass is 9.91. The molecule has 0 aromatic heterocycles. The maximum Gasteiger partial charge on any atom is 0.138 e. The van der Waals surface area contributed by atoms with E-state index in [0.717, 1.165) is 31.4 Å². The van der Waals surface area contributed by atoms with Crippen molar-refractivity contribution in [3.05, 3.63) is 12.2 Å². The van der Waals surface area contributed by atoms with E-state index in [2.05, 4.69) is 13.5 Å². The molecule has 0 aliphatic carbocycles. The van der Waals surface area contributed by atoms with Crippen LogP contribution in [0.15, 0.2) is 12.2 Å². The second-order valence-corrected chi connectivity index (χ2v) is 4.14. The van der Waals surface area contributed by atoms with E-state index < -0.39 is 0 Å². The molecule has 2 atom stereocenters. The maximum atomic E-state index is 11.8. The van der Waals surface area contributed by atoms with Gasteiger partial charge in [-0.15, -0.1) is 6.58 Å². The van der Waals surface area contributed by atoms with Crippen molar-refractivity contribution < 1.29 is 9.53 Å². The minimum absolute atomic E-state index is 0.152. The summed E-state index contributed by atoms with van der Waals surface area (Å²) in [7, 11) is 0. The number of allylic oxidation sites excluding steroid dienone is 1. The summed E-state index contributed by atoms with van der Waals surface area (Å²) in [4.78, 5) is 11.8. The molecule has 0 N–H and O–H groups in total. The van der Waals surface area contributed by atoms with Gasteiger partial charge in [-0.2, -0.15) is 0 Å². The topological polar surface area (TPSA) is 26.3 Å². The van der Waals surface area contributed by atoms with Gasteiger partial charge < -0.3 is 4.74 Å². The van der Waals surface area contributed by atoms with Crippen LogP contribution in [-0.4, -0.2) is 18.5 Å². The van der Waals surface area contributed by atoms with E-state index in [1.165, 1.54) is 0 Å². The molecule has 0 bridgehead atoms. The standard InChI is InChI=1S/C12H20O2/c1-4-12-10(7-8-14-12)11(13)6-5-9(2)3/h10,12H,2,4-8H2,1,3H3. The molecule has 0 amide bonds. The van der Waals surface area contributed by atoms with Crippen molar-refractivity contribution in [1.82, 2.24) is 0 Å². The molecule has 1 saturated heterocycles. The third kappa shape index (κ3) is 2.95. The van der Waals surface area contributed by atoms with Crippen molar-refractivity contribution in [2.45, 2.75) is 45.6 Å². The number of carbonyl (C=O) groups excluding carboxylic acids is 1. The van der Waals surface area contributed by atoms with E-state index in [-0.39, 0.29) is 12.0 Å². The second kappa shape index (κ2) is 5.30. The molecule has 1 rings (SSSR count). The van der Waals surface area contributed by atoms with Gasteiger partial charge in [-0.25, -0.2) is 0 Å². The average Bonchev–Trinajstić information content (AvgIpc) is 2.61. The van der Waals surface area contributed by atoms with Gasteiger partial charge in [0.1, 0.15) is 5.78 Å². The monoisotopic (exact) mass is 196 g/mol. The summed E-state index contributed by atoms with van der Waals surface area (Å²) in [5.41, 5.74) is 1.09. The summed E-state index contributed by atoms with van der Waals surface area (Å²) < 4.78 is 5.50. The number of hydrogen-bond acceptors (Lipinski definition) is 2. The number of ketones is 1. The van der Waals surface area contributed by atoms with Crippen molar-refractivity contribution >= 4 is 5.78 Å². The van der Waals surface area contributed by atoms with Crippen LogP contribution in [0.4, 0.5) is 0 Å². The third-order valence-corrected chi connectivity index (χ3v) is 2.82. The normalized spacial score (nSPS) is 26.4. The van der Waals surface area contributed by atoms with E-state index in [1.54, 1.807) is 0 Å². The van der Waals surface area contributed by atoms with Gasteiger partial charge in [0.05, 0.1) is 6.10 Å². The fourth-order valence-electron chi connectivity index (χ4n) is 1.94. The van der Waals surface area contributed by atoms with E-state index in [0.29, 0.717) is 12.2 Å². The lowest BCUT2D eigenvalue weighted by molar-refractivity contribution is -0.124. The molecule has 0 aromatic carbocycles. The lowest BCUT2D eigenvalue weighted by Gasteiger charge is -2.15. The average molecular weight is 196 g/mol. The molecular weight excluding hydrogens is 176 g/mol. The highest BCUT2D eigenvalue weighted by molar-refractivity contribution is 5.82. The Labute approximate surface area is 86.3 Å². The van der Waals surface area contributed by atoms with Gasteiger partial charge in [-0.3, -0.25) is 4.79 Å². The molecule has 2 unspecified atom stereocenters.